The molecule has 1 aliphatic heterocycles. The number of benzene rings is 1. The number of likely N-dealkylation sites (tertiary alicyclic amines) is 1. The Balaban J connectivity index is 1.67. The average molecular weight is 347 g/mol. The molecule has 0 bridgehead atoms. The molecule has 0 aromatic heterocycles. The Morgan fingerprint density at radius 3 is 2.84 bits per heavy atom. The van der Waals surface area contributed by atoms with Gasteiger partial charge in [-0.1, -0.05) is 30.3 Å². The first-order valence-electron chi connectivity index (χ1n) is 9.63. The highest BCUT2D eigenvalue weighted by molar-refractivity contribution is 5.79. The van der Waals surface area contributed by atoms with Crippen LogP contribution < -0.4 is 10.6 Å². The van der Waals surface area contributed by atoms with E-state index in [1.54, 1.807) is 0 Å². The Morgan fingerprint density at radius 1 is 1.24 bits per heavy atom. The normalized spacial score (nSPS) is 18.5. The molecule has 5 nitrogen and oxygen atoms in total. The highest BCUT2D eigenvalue weighted by Crippen LogP contribution is 2.19. The van der Waals surface area contributed by atoms with Gasteiger partial charge >= 0.3 is 0 Å². The van der Waals surface area contributed by atoms with Crippen LogP contribution in [0.5, 0.6) is 0 Å². The molecule has 0 saturated carbocycles. The van der Waals surface area contributed by atoms with Crippen LogP contribution in [0.1, 0.15) is 38.2 Å². The fourth-order valence-corrected chi connectivity index (χ4v) is 3.27. The van der Waals surface area contributed by atoms with Crippen molar-refractivity contribution in [3.63, 3.8) is 0 Å². The second kappa shape index (κ2) is 11.9. The first kappa shape index (κ1) is 19.7. The standard InChI is InChI=1S/C20H34N4O/c1-3-25-15-8-7-13-22-20(21-2)23-16-19-12-9-14-24(19)17-18-10-5-4-6-11-18/h4-6,10-11,19H,3,7-9,12-17H2,1-2H3,(H2,21,22,23). The number of nitrogens with one attached hydrogen (secondary N) is 2. The monoisotopic (exact) mass is 346 g/mol. The highest BCUT2D eigenvalue weighted by Gasteiger charge is 2.24. The van der Waals surface area contributed by atoms with Crippen LogP contribution in [0.25, 0.3) is 0 Å². The third kappa shape index (κ3) is 7.45. The van der Waals surface area contributed by atoms with Crippen molar-refractivity contribution >= 4 is 5.96 Å². The van der Waals surface area contributed by atoms with Gasteiger partial charge in [-0.25, -0.2) is 0 Å². The summed E-state index contributed by atoms with van der Waals surface area (Å²) in [5.74, 6) is 0.906. The molecule has 0 aliphatic carbocycles. The summed E-state index contributed by atoms with van der Waals surface area (Å²) in [6, 6.07) is 11.3. The molecule has 2 rings (SSSR count). The van der Waals surface area contributed by atoms with Crippen molar-refractivity contribution in [2.75, 3.05) is 39.9 Å². The van der Waals surface area contributed by atoms with E-state index in [4.69, 9.17) is 4.74 Å². The van der Waals surface area contributed by atoms with Crippen LogP contribution >= 0.6 is 0 Å². The van der Waals surface area contributed by atoms with Gasteiger partial charge in [-0.2, -0.15) is 0 Å². The molecule has 1 aromatic rings. The molecule has 1 heterocycles. The Labute approximate surface area is 152 Å². The van der Waals surface area contributed by atoms with Crippen LogP contribution in [-0.2, 0) is 11.3 Å². The Bertz CT molecular complexity index is 492. The van der Waals surface area contributed by atoms with Crippen LogP contribution in [0.15, 0.2) is 35.3 Å². The average Bonchev–Trinajstić information content (AvgIpc) is 3.08. The summed E-state index contributed by atoms with van der Waals surface area (Å²) >= 11 is 0. The molecule has 1 atom stereocenters. The van der Waals surface area contributed by atoms with Gasteiger partial charge in [0.1, 0.15) is 0 Å². The van der Waals surface area contributed by atoms with Crippen LogP contribution in [0.3, 0.4) is 0 Å². The highest BCUT2D eigenvalue weighted by atomic mass is 16.5. The minimum Gasteiger partial charge on any atom is -0.382 e. The largest absolute Gasteiger partial charge is 0.382 e. The van der Waals surface area contributed by atoms with E-state index in [-0.39, 0.29) is 0 Å². The Kier molecular flexibility index (Phi) is 9.37. The van der Waals surface area contributed by atoms with Crippen LogP contribution in [0.2, 0.25) is 0 Å². The van der Waals surface area contributed by atoms with Crippen molar-refractivity contribution in [2.24, 2.45) is 4.99 Å². The number of hydrogen-bond donors (Lipinski definition) is 2. The summed E-state index contributed by atoms with van der Waals surface area (Å²) in [6.07, 6.45) is 4.73. The third-order valence-corrected chi connectivity index (χ3v) is 4.67. The van der Waals surface area contributed by atoms with Crippen LogP contribution in [0.4, 0.5) is 0 Å². The summed E-state index contributed by atoms with van der Waals surface area (Å²) in [5.41, 5.74) is 1.39. The molecular weight excluding hydrogens is 312 g/mol. The number of unbranched alkanes of at least 4 members (excludes halogenated alkanes) is 1. The number of nitrogens with zero attached hydrogens (tertiary/aromatic N) is 2. The summed E-state index contributed by atoms with van der Waals surface area (Å²) in [4.78, 5) is 6.92. The van der Waals surface area contributed by atoms with Gasteiger partial charge in [0.15, 0.2) is 5.96 Å². The van der Waals surface area contributed by atoms with Crippen LogP contribution in [0, 0.1) is 0 Å². The van der Waals surface area contributed by atoms with Gasteiger partial charge in [-0.3, -0.25) is 9.89 Å². The molecule has 0 radical (unpaired) electrons. The minimum absolute atomic E-state index is 0.580. The maximum atomic E-state index is 5.36. The van der Waals surface area contributed by atoms with Gasteiger partial charge in [0, 0.05) is 45.9 Å². The molecule has 140 valence electrons. The maximum Gasteiger partial charge on any atom is 0.191 e. The fraction of sp³-hybridized carbons (Fsp3) is 0.650. The van der Waals surface area contributed by atoms with Gasteiger partial charge in [0.2, 0.25) is 0 Å². The van der Waals surface area contributed by atoms with Gasteiger partial charge in [-0.15, -0.1) is 0 Å². The molecule has 1 unspecified atom stereocenters. The lowest BCUT2D eigenvalue weighted by Gasteiger charge is -2.25. The lowest BCUT2D eigenvalue weighted by Crippen LogP contribution is -2.44. The van der Waals surface area contributed by atoms with Crippen molar-refractivity contribution in [3.8, 4) is 0 Å². The second-order valence-electron chi connectivity index (χ2n) is 6.54. The summed E-state index contributed by atoms with van der Waals surface area (Å²) in [7, 11) is 1.84. The lowest BCUT2D eigenvalue weighted by molar-refractivity contribution is 0.143. The van der Waals surface area contributed by atoms with Crippen molar-refractivity contribution in [1.82, 2.24) is 15.5 Å². The maximum absolute atomic E-state index is 5.36. The zero-order chi connectivity index (χ0) is 17.7. The molecule has 1 aliphatic rings. The number of guanidine groups is 1. The number of hydrogen-bond acceptors (Lipinski definition) is 3. The van der Waals surface area contributed by atoms with E-state index < -0.39 is 0 Å². The third-order valence-electron chi connectivity index (χ3n) is 4.67. The Morgan fingerprint density at radius 2 is 2.08 bits per heavy atom. The first-order chi connectivity index (χ1) is 12.3. The molecule has 0 spiro atoms. The van der Waals surface area contributed by atoms with Gasteiger partial charge in [0.25, 0.3) is 0 Å². The molecule has 1 saturated heterocycles. The Hall–Kier alpha value is -1.59. The van der Waals surface area contributed by atoms with Crippen molar-refractivity contribution in [3.05, 3.63) is 35.9 Å². The van der Waals surface area contributed by atoms with E-state index in [1.807, 2.05) is 14.0 Å². The van der Waals surface area contributed by atoms with Gasteiger partial charge in [0.05, 0.1) is 0 Å². The molecule has 1 aromatic carbocycles. The number of ether oxygens (including phenoxy) is 1. The number of aliphatic imine (C=N–C) groups is 1. The quantitative estimate of drug-likeness (QED) is 0.388. The van der Waals surface area contributed by atoms with Crippen molar-refractivity contribution < 1.29 is 4.74 Å². The van der Waals surface area contributed by atoms with E-state index in [0.29, 0.717) is 6.04 Å². The lowest BCUT2D eigenvalue weighted by atomic mass is 10.2. The van der Waals surface area contributed by atoms with E-state index in [1.165, 1.54) is 24.9 Å². The molecule has 0 amide bonds. The predicted octanol–water partition coefficient (Wildman–Crippen LogP) is 2.63. The van der Waals surface area contributed by atoms with Gasteiger partial charge in [-0.05, 0) is 44.7 Å². The van der Waals surface area contributed by atoms with E-state index in [9.17, 15) is 0 Å². The molecule has 1 fully saturated rings. The fourth-order valence-electron chi connectivity index (χ4n) is 3.27. The van der Waals surface area contributed by atoms with Crippen molar-refractivity contribution in [1.29, 1.82) is 0 Å². The molecular formula is C20H34N4O. The van der Waals surface area contributed by atoms with E-state index >= 15 is 0 Å². The molecule has 25 heavy (non-hydrogen) atoms. The zero-order valence-electron chi connectivity index (χ0n) is 15.8. The second-order valence-corrected chi connectivity index (χ2v) is 6.54. The van der Waals surface area contributed by atoms with E-state index in [0.717, 1.165) is 51.6 Å². The van der Waals surface area contributed by atoms with Gasteiger partial charge < -0.3 is 15.4 Å². The summed E-state index contributed by atoms with van der Waals surface area (Å²) in [5, 5.41) is 6.89. The number of rotatable bonds is 10. The summed E-state index contributed by atoms with van der Waals surface area (Å²) in [6.45, 7) is 7.80. The van der Waals surface area contributed by atoms with Crippen molar-refractivity contribution in [2.45, 2.75) is 45.2 Å². The van der Waals surface area contributed by atoms with E-state index in [2.05, 4.69) is 50.9 Å². The molecule has 5 heteroatoms. The SMILES string of the molecule is CCOCCCCNC(=NC)NCC1CCCN1Cc1ccccc1. The summed E-state index contributed by atoms with van der Waals surface area (Å²) < 4.78 is 5.36. The predicted molar refractivity (Wildman–Crippen MR) is 105 cm³/mol. The minimum atomic E-state index is 0.580. The zero-order valence-corrected chi connectivity index (χ0v) is 15.8. The molecule has 2 N–H and O–H groups in total. The smallest absolute Gasteiger partial charge is 0.191 e. The first-order valence-corrected chi connectivity index (χ1v) is 9.63. The topological polar surface area (TPSA) is 48.9 Å². The van der Waals surface area contributed by atoms with Crippen LogP contribution in [-0.4, -0.2) is 56.8 Å².